The van der Waals surface area contributed by atoms with E-state index in [4.69, 9.17) is 11.6 Å². The zero-order chi connectivity index (χ0) is 15.7. The Labute approximate surface area is 131 Å². The molecule has 0 atom stereocenters. The quantitative estimate of drug-likeness (QED) is 0.798. The predicted octanol–water partition coefficient (Wildman–Crippen LogP) is 3.88. The molecule has 0 radical (unpaired) electrons. The molecular formula is C17H12ClNO3. The number of benzene rings is 2. The molecule has 3 rings (SSSR count). The van der Waals surface area contributed by atoms with Crippen molar-refractivity contribution in [2.75, 3.05) is 0 Å². The van der Waals surface area contributed by atoms with Gasteiger partial charge >= 0.3 is 5.97 Å². The van der Waals surface area contributed by atoms with E-state index in [1.54, 1.807) is 48.5 Å². The number of carbonyl (C=O) groups excluding carboxylic acids is 1. The standard InChI is InChI=1S/C17H12ClNO3/c18-12-7-5-11(6-8-12)9-16(20)19-10-14(17(21)22)13-3-1-2-4-15(13)19/h1-8,10H,9H2,(H,21,22). The average Bonchev–Trinajstić information content (AvgIpc) is 2.89. The van der Waals surface area contributed by atoms with Crippen LogP contribution >= 0.6 is 11.6 Å². The number of para-hydroxylation sites is 1. The molecule has 0 aliphatic carbocycles. The number of aromatic nitrogens is 1. The van der Waals surface area contributed by atoms with Gasteiger partial charge in [0.2, 0.25) is 5.91 Å². The predicted molar refractivity (Wildman–Crippen MR) is 84.7 cm³/mol. The van der Waals surface area contributed by atoms with Gasteiger partial charge in [-0.3, -0.25) is 9.36 Å². The van der Waals surface area contributed by atoms with Crippen molar-refractivity contribution in [3.63, 3.8) is 0 Å². The smallest absolute Gasteiger partial charge is 0.337 e. The summed E-state index contributed by atoms with van der Waals surface area (Å²) >= 11 is 5.83. The average molecular weight is 314 g/mol. The number of carbonyl (C=O) groups is 2. The summed E-state index contributed by atoms with van der Waals surface area (Å²) in [6.07, 6.45) is 1.56. The molecule has 0 saturated carbocycles. The van der Waals surface area contributed by atoms with Crippen LogP contribution in [-0.4, -0.2) is 21.6 Å². The van der Waals surface area contributed by atoms with Crippen LogP contribution in [0.4, 0.5) is 0 Å². The minimum Gasteiger partial charge on any atom is -0.478 e. The second-order valence-electron chi connectivity index (χ2n) is 4.93. The molecule has 1 N–H and O–H groups in total. The number of fused-ring (bicyclic) bond motifs is 1. The second-order valence-corrected chi connectivity index (χ2v) is 5.37. The van der Waals surface area contributed by atoms with Gasteiger partial charge in [-0.15, -0.1) is 0 Å². The van der Waals surface area contributed by atoms with Crippen molar-refractivity contribution >= 4 is 34.4 Å². The maximum Gasteiger partial charge on any atom is 0.337 e. The van der Waals surface area contributed by atoms with E-state index in [-0.39, 0.29) is 17.9 Å². The SMILES string of the molecule is O=C(O)c1cn(C(=O)Cc2ccc(Cl)cc2)c2ccccc12. The van der Waals surface area contributed by atoms with E-state index < -0.39 is 5.97 Å². The van der Waals surface area contributed by atoms with Gasteiger partial charge in [0.25, 0.3) is 0 Å². The van der Waals surface area contributed by atoms with Gasteiger partial charge in [0, 0.05) is 16.6 Å². The van der Waals surface area contributed by atoms with Gasteiger partial charge in [0.15, 0.2) is 0 Å². The molecule has 22 heavy (non-hydrogen) atoms. The van der Waals surface area contributed by atoms with E-state index >= 15 is 0 Å². The van der Waals surface area contributed by atoms with Gasteiger partial charge in [-0.25, -0.2) is 4.79 Å². The molecular weight excluding hydrogens is 302 g/mol. The maximum atomic E-state index is 12.5. The normalized spacial score (nSPS) is 10.8. The molecule has 0 fully saturated rings. The summed E-state index contributed by atoms with van der Waals surface area (Å²) in [6.45, 7) is 0. The Kier molecular flexibility index (Phi) is 3.69. The Hall–Kier alpha value is -2.59. The van der Waals surface area contributed by atoms with Crippen LogP contribution in [0.15, 0.2) is 54.7 Å². The van der Waals surface area contributed by atoms with Crippen molar-refractivity contribution in [3.05, 3.63) is 70.9 Å². The van der Waals surface area contributed by atoms with Crippen molar-refractivity contribution in [2.24, 2.45) is 0 Å². The molecule has 5 heteroatoms. The first-order valence-corrected chi connectivity index (χ1v) is 7.05. The zero-order valence-electron chi connectivity index (χ0n) is 11.5. The fraction of sp³-hybridized carbons (Fsp3) is 0.0588. The molecule has 0 unspecified atom stereocenters. The van der Waals surface area contributed by atoms with Crippen LogP contribution in [0.1, 0.15) is 20.7 Å². The highest BCUT2D eigenvalue weighted by atomic mass is 35.5. The number of halogens is 1. The van der Waals surface area contributed by atoms with Gasteiger partial charge in [-0.05, 0) is 23.8 Å². The highest BCUT2D eigenvalue weighted by Gasteiger charge is 2.17. The summed E-state index contributed by atoms with van der Waals surface area (Å²) in [5.41, 5.74) is 1.54. The first kappa shape index (κ1) is 14.4. The number of aromatic carboxylic acids is 1. The summed E-state index contributed by atoms with van der Waals surface area (Å²) in [5, 5.41) is 10.4. The first-order chi connectivity index (χ1) is 10.6. The van der Waals surface area contributed by atoms with E-state index in [0.717, 1.165) is 5.56 Å². The summed E-state index contributed by atoms with van der Waals surface area (Å²) < 4.78 is 1.40. The Morgan fingerprint density at radius 3 is 2.41 bits per heavy atom. The van der Waals surface area contributed by atoms with Crippen molar-refractivity contribution in [1.29, 1.82) is 0 Å². The van der Waals surface area contributed by atoms with Crippen molar-refractivity contribution in [1.82, 2.24) is 4.57 Å². The largest absolute Gasteiger partial charge is 0.478 e. The van der Waals surface area contributed by atoms with Gasteiger partial charge in [0.05, 0.1) is 17.5 Å². The minimum atomic E-state index is -1.05. The maximum absolute atomic E-state index is 12.5. The Morgan fingerprint density at radius 1 is 1.05 bits per heavy atom. The topological polar surface area (TPSA) is 59.3 Å². The minimum absolute atomic E-state index is 0.125. The molecule has 0 amide bonds. The molecule has 1 heterocycles. The first-order valence-electron chi connectivity index (χ1n) is 6.67. The zero-order valence-corrected chi connectivity index (χ0v) is 12.2. The van der Waals surface area contributed by atoms with E-state index in [1.165, 1.54) is 10.8 Å². The Balaban J connectivity index is 2.00. The molecule has 1 aromatic heterocycles. The number of carboxylic acid groups (broad SMARTS) is 1. The molecule has 110 valence electrons. The lowest BCUT2D eigenvalue weighted by molar-refractivity contribution is 0.0699. The third-order valence-electron chi connectivity index (χ3n) is 3.48. The highest BCUT2D eigenvalue weighted by molar-refractivity contribution is 6.30. The van der Waals surface area contributed by atoms with Crippen LogP contribution in [-0.2, 0) is 6.42 Å². The lowest BCUT2D eigenvalue weighted by Crippen LogP contribution is -2.12. The van der Waals surface area contributed by atoms with Gasteiger partial charge in [0.1, 0.15) is 0 Å². The van der Waals surface area contributed by atoms with Crippen molar-refractivity contribution in [2.45, 2.75) is 6.42 Å². The summed E-state index contributed by atoms with van der Waals surface area (Å²) in [4.78, 5) is 23.8. The summed E-state index contributed by atoms with van der Waals surface area (Å²) in [7, 11) is 0. The van der Waals surface area contributed by atoms with Crippen LogP contribution in [0.3, 0.4) is 0 Å². The fourth-order valence-corrected chi connectivity index (χ4v) is 2.54. The van der Waals surface area contributed by atoms with Crippen LogP contribution in [0.2, 0.25) is 5.02 Å². The molecule has 0 saturated heterocycles. The number of carboxylic acids is 1. The molecule has 0 aliphatic rings. The number of hydrogen-bond donors (Lipinski definition) is 1. The van der Waals surface area contributed by atoms with E-state index in [1.807, 2.05) is 0 Å². The number of nitrogens with zero attached hydrogens (tertiary/aromatic N) is 1. The summed E-state index contributed by atoms with van der Waals surface area (Å²) in [6, 6.07) is 14.0. The number of rotatable bonds is 3. The Bertz CT molecular complexity index is 865. The van der Waals surface area contributed by atoms with E-state index in [0.29, 0.717) is 15.9 Å². The Morgan fingerprint density at radius 2 is 1.73 bits per heavy atom. The van der Waals surface area contributed by atoms with Gasteiger partial charge < -0.3 is 5.11 Å². The van der Waals surface area contributed by atoms with E-state index in [9.17, 15) is 14.7 Å². The van der Waals surface area contributed by atoms with Crippen LogP contribution in [0.25, 0.3) is 10.9 Å². The van der Waals surface area contributed by atoms with Crippen LogP contribution in [0.5, 0.6) is 0 Å². The molecule has 3 aromatic rings. The molecule has 0 bridgehead atoms. The lowest BCUT2D eigenvalue weighted by Gasteiger charge is -2.04. The van der Waals surface area contributed by atoms with Crippen molar-refractivity contribution < 1.29 is 14.7 Å². The highest BCUT2D eigenvalue weighted by Crippen LogP contribution is 2.22. The lowest BCUT2D eigenvalue weighted by atomic mass is 10.1. The third kappa shape index (κ3) is 2.61. The molecule has 0 spiro atoms. The van der Waals surface area contributed by atoms with Crippen LogP contribution in [0, 0.1) is 0 Å². The van der Waals surface area contributed by atoms with Crippen LogP contribution < -0.4 is 0 Å². The monoisotopic (exact) mass is 313 g/mol. The molecule has 0 aliphatic heterocycles. The van der Waals surface area contributed by atoms with Crippen molar-refractivity contribution in [3.8, 4) is 0 Å². The van der Waals surface area contributed by atoms with Gasteiger partial charge in [-0.1, -0.05) is 41.9 Å². The fourth-order valence-electron chi connectivity index (χ4n) is 2.42. The third-order valence-corrected chi connectivity index (χ3v) is 3.73. The molecule has 4 nitrogen and oxygen atoms in total. The number of hydrogen-bond acceptors (Lipinski definition) is 2. The van der Waals surface area contributed by atoms with E-state index in [2.05, 4.69) is 0 Å². The summed E-state index contributed by atoms with van der Waals surface area (Å²) in [5.74, 6) is -1.24. The molecule has 2 aromatic carbocycles. The van der Waals surface area contributed by atoms with Gasteiger partial charge in [-0.2, -0.15) is 0 Å². The second kappa shape index (κ2) is 5.66.